The smallest absolute Gasteiger partial charge is 0.315 e. The van der Waals surface area contributed by atoms with Crippen LogP contribution in [0.25, 0.3) is 22.9 Å². The van der Waals surface area contributed by atoms with Gasteiger partial charge in [-0.1, -0.05) is 23.2 Å². The minimum absolute atomic E-state index is 0.00659. The standard InChI is InChI=1S/C15H10Cl2N4O5/c1-5-10(13(17)18-6(2)11(5)16)15-20-19-14(26-15)7-3-8(21(24)25)12(23)9(22)4-7/h3-4,22-23H,1-2H3. The van der Waals surface area contributed by atoms with E-state index in [2.05, 4.69) is 15.2 Å². The van der Waals surface area contributed by atoms with Crippen LogP contribution in [0.2, 0.25) is 10.2 Å². The first-order valence-electron chi connectivity index (χ1n) is 7.07. The number of pyridine rings is 1. The van der Waals surface area contributed by atoms with E-state index in [9.17, 15) is 20.3 Å². The highest BCUT2D eigenvalue weighted by molar-refractivity contribution is 6.35. The van der Waals surface area contributed by atoms with Crippen LogP contribution in [-0.4, -0.2) is 30.3 Å². The van der Waals surface area contributed by atoms with Crippen LogP contribution < -0.4 is 0 Å². The maximum atomic E-state index is 11.0. The van der Waals surface area contributed by atoms with Gasteiger partial charge in [-0.05, 0) is 25.5 Å². The summed E-state index contributed by atoms with van der Waals surface area (Å²) in [5.74, 6) is -1.66. The third-order valence-electron chi connectivity index (χ3n) is 3.65. The molecule has 0 aliphatic rings. The number of hydrogen-bond acceptors (Lipinski definition) is 8. The SMILES string of the molecule is Cc1nc(Cl)c(-c2nnc(-c3cc(O)c(O)c([N+](=O)[O-])c3)o2)c(C)c1Cl. The van der Waals surface area contributed by atoms with Gasteiger partial charge in [-0.25, -0.2) is 4.98 Å². The number of aryl methyl sites for hydroxylation is 1. The Balaban J connectivity index is 2.13. The molecule has 0 fully saturated rings. The van der Waals surface area contributed by atoms with E-state index < -0.39 is 22.1 Å². The third kappa shape index (κ3) is 2.91. The summed E-state index contributed by atoms with van der Waals surface area (Å²) in [6.45, 7) is 3.40. The number of phenolic OH excluding ortho intramolecular Hbond substituents is 2. The van der Waals surface area contributed by atoms with Gasteiger partial charge in [0.15, 0.2) is 5.75 Å². The number of aromatic hydroxyl groups is 2. The maximum Gasteiger partial charge on any atom is 0.315 e. The minimum Gasteiger partial charge on any atom is -0.504 e. The normalized spacial score (nSPS) is 10.9. The molecule has 26 heavy (non-hydrogen) atoms. The van der Waals surface area contributed by atoms with E-state index in [0.717, 1.165) is 12.1 Å². The fourth-order valence-electron chi connectivity index (χ4n) is 2.34. The van der Waals surface area contributed by atoms with Crippen molar-refractivity contribution in [1.82, 2.24) is 15.2 Å². The molecule has 0 atom stereocenters. The summed E-state index contributed by atoms with van der Waals surface area (Å²) in [6.07, 6.45) is 0. The number of halogens is 2. The van der Waals surface area contributed by atoms with Crippen molar-refractivity contribution in [3.8, 4) is 34.4 Å². The lowest BCUT2D eigenvalue weighted by atomic mass is 10.1. The van der Waals surface area contributed by atoms with Gasteiger partial charge < -0.3 is 14.6 Å². The molecule has 0 saturated heterocycles. The van der Waals surface area contributed by atoms with Crippen LogP contribution in [0.5, 0.6) is 11.5 Å². The number of nitro groups is 1. The average molecular weight is 397 g/mol. The largest absolute Gasteiger partial charge is 0.504 e. The van der Waals surface area contributed by atoms with Gasteiger partial charge in [0.25, 0.3) is 5.89 Å². The van der Waals surface area contributed by atoms with Crippen LogP contribution in [0.4, 0.5) is 5.69 Å². The van der Waals surface area contributed by atoms with Crippen molar-refractivity contribution in [1.29, 1.82) is 0 Å². The number of hydrogen-bond donors (Lipinski definition) is 2. The molecule has 134 valence electrons. The molecule has 0 aliphatic carbocycles. The number of aromatic nitrogens is 3. The molecule has 2 aromatic heterocycles. The van der Waals surface area contributed by atoms with Gasteiger partial charge in [-0.2, -0.15) is 0 Å². The lowest BCUT2D eigenvalue weighted by Crippen LogP contribution is -1.94. The topological polar surface area (TPSA) is 135 Å². The second kappa shape index (κ2) is 6.43. The molecule has 0 radical (unpaired) electrons. The van der Waals surface area contributed by atoms with Crippen molar-refractivity contribution in [2.45, 2.75) is 13.8 Å². The van der Waals surface area contributed by atoms with Crippen molar-refractivity contribution in [3.63, 3.8) is 0 Å². The van der Waals surface area contributed by atoms with Crippen molar-refractivity contribution in [2.75, 3.05) is 0 Å². The Kier molecular flexibility index (Phi) is 4.43. The number of phenols is 2. The Labute approximate surface area is 156 Å². The Morgan fingerprint density at radius 3 is 2.46 bits per heavy atom. The molecule has 0 amide bonds. The zero-order valence-corrected chi connectivity index (χ0v) is 14.8. The summed E-state index contributed by atoms with van der Waals surface area (Å²) >= 11 is 12.3. The highest BCUT2D eigenvalue weighted by Crippen LogP contribution is 2.40. The number of rotatable bonds is 3. The summed E-state index contributed by atoms with van der Waals surface area (Å²) < 4.78 is 5.52. The van der Waals surface area contributed by atoms with Crippen LogP contribution in [0, 0.1) is 24.0 Å². The molecule has 2 heterocycles. The Morgan fingerprint density at radius 2 is 1.81 bits per heavy atom. The van der Waals surface area contributed by atoms with E-state index >= 15 is 0 Å². The monoisotopic (exact) mass is 396 g/mol. The van der Waals surface area contributed by atoms with E-state index in [-0.39, 0.29) is 22.5 Å². The van der Waals surface area contributed by atoms with Crippen LogP contribution in [-0.2, 0) is 0 Å². The minimum atomic E-state index is -0.855. The van der Waals surface area contributed by atoms with E-state index in [1.54, 1.807) is 13.8 Å². The molecule has 0 saturated carbocycles. The molecule has 11 heteroatoms. The summed E-state index contributed by atoms with van der Waals surface area (Å²) in [5.41, 5.74) is 0.800. The van der Waals surface area contributed by atoms with Crippen molar-refractivity contribution in [2.24, 2.45) is 0 Å². The van der Waals surface area contributed by atoms with Crippen LogP contribution >= 0.6 is 23.2 Å². The summed E-state index contributed by atoms with van der Waals surface area (Å²) in [7, 11) is 0. The second-order valence-electron chi connectivity index (χ2n) is 5.33. The van der Waals surface area contributed by atoms with Crippen LogP contribution in [0.1, 0.15) is 11.3 Å². The van der Waals surface area contributed by atoms with E-state index in [0.29, 0.717) is 21.8 Å². The van der Waals surface area contributed by atoms with Gasteiger partial charge in [0.2, 0.25) is 11.6 Å². The molecule has 0 unspecified atom stereocenters. The van der Waals surface area contributed by atoms with Gasteiger partial charge in [-0.15, -0.1) is 10.2 Å². The van der Waals surface area contributed by atoms with Gasteiger partial charge in [-0.3, -0.25) is 10.1 Å². The molecule has 0 aliphatic heterocycles. The van der Waals surface area contributed by atoms with E-state index in [4.69, 9.17) is 27.6 Å². The Bertz CT molecular complexity index is 1050. The lowest BCUT2D eigenvalue weighted by Gasteiger charge is -2.08. The lowest BCUT2D eigenvalue weighted by molar-refractivity contribution is -0.385. The predicted molar refractivity (Wildman–Crippen MR) is 92.4 cm³/mol. The maximum absolute atomic E-state index is 11.0. The third-order valence-corrected chi connectivity index (χ3v) is 4.48. The van der Waals surface area contributed by atoms with Gasteiger partial charge in [0.1, 0.15) is 5.15 Å². The molecule has 1 aromatic carbocycles. The first-order chi connectivity index (χ1) is 12.2. The summed E-state index contributed by atoms with van der Waals surface area (Å²) in [5, 5.41) is 38.4. The summed E-state index contributed by atoms with van der Waals surface area (Å²) in [4.78, 5) is 14.2. The second-order valence-corrected chi connectivity index (χ2v) is 6.07. The number of nitro benzene ring substituents is 1. The molecule has 2 N–H and O–H groups in total. The number of benzene rings is 1. The zero-order valence-electron chi connectivity index (χ0n) is 13.3. The zero-order chi connectivity index (χ0) is 19.2. The average Bonchev–Trinajstić information content (AvgIpc) is 3.04. The van der Waals surface area contributed by atoms with Gasteiger partial charge >= 0.3 is 5.69 Å². The van der Waals surface area contributed by atoms with Crippen LogP contribution in [0.3, 0.4) is 0 Å². The molecular weight excluding hydrogens is 387 g/mol. The quantitative estimate of drug-likeness (QED) is 0.293. The first-order valence-corrected chi connectivity index (χ1v) is 7.83. The molecule has 9 nitrogen and oxygen atoms in total. The molecular formula is C15H10Cl2N4O5. The fourth-order valence-corrected chi connectivity index (χ4v) is 2.83. The molecule has 0 spiro atoms. The molecule has 3 rings (SSSR count). The highest BCUT2D eigenvalue weighted by Gasteiger charge is 2.24. The number of nitrogens with zero attached hydrogens (tertiary/aromatic N) is 4. The van der Waals surface area contributed by atoms with Crippen LogP contribution in [0.15, 0.2) is 16.5 Å². The van der Waals surface area contributed by atoms with E-state index in [1.807, 2.05) is 0 Å². The van der Waals surface area contributed by atoms with Crippen molar-refractivity contribution < 1.29 is 19.6 Å². The van der Waals surface area contributed by atoms with Crippen molar-refractivity contribution in [3.05, 3.63) is 43.7 Å². The Morgan fingerprint density at radius 1 is 1.15 bits per heavy atom. The highest BCUT2D eigenvalue weighted by atomic mass is 35.5. The van der Waals surface area contributed by atoms with E-state index in [1.165, 1.54) is 0 Å². The van der Waals surface area contributed by atoms with Crippen molar-refractivity contribution >= 4 is 28.9 Å². The predicted octanol–water partition coefficient (Wildman–Crippen LogP) is 4.04. The van der Waals surface area contributed by atoms with Gasteiger partial charge in [0, 0.05) is 11.6 Å². The molecule has 3 aromatic rings. The van der Waals surface area contributed by atoms with Gasteiger partial charge in [0.05, 0.1) is 21.2 Å². The first kappa shape index (κ1) is 17.9. The fraction of sp³-hybridized carbons (Fsp3) is 0.133. The summed E-state index contributed by atoms with van der Waals surface area (Å²) in [6, 6.07) is 2.07. The Hall–Kier alpha value is -2.91. The molecule has 0 bridgehead atoms.